The van der Waals surface area contributed by atoms with Crippen molar-refractivity contribution in [3.05, 3.63) is 65.0 Å². The first-order chi connectivity index (χ1) is 12.9. The van der Waals surface area contributed by atoms with Crippen LogP contribution in [-0.2, 0) is 27.5 Å². The van der Waals surface area contributed by atoms with Crippen molar-refractivity contribution in [2.45, 2.75) is 49.0 Å². The number of fused-ring (bicyclic) bond motifs is 1. The van der Waals surface area contributed by atoms with Gasteiger partial charge in [0.25, 0.3) is 0 Å². The fourth-order valence-electron chi connectivity index (χ4n) is 3.80. The zero-order chi connectivity index (χ0) is 19.0. The van der Waals surface area contributed by atoms with Crippen molar-refractivity contribution >= 4 is 15.7 Å². The van der Waals surface area contributed by atoms with Crippen LogP contribution < -0.4 is 5.32 Å². The van der Waals surface area contributed by atoms with Crippen molar-refractivity contribution in [3.63, 3.8) is 0 Å². The topological polar surface area (TPSA) is 63.2 Å². The number of sulfone groups is 1. The van der Waals surface area contributed by atoms with Crippen LogP contribution in [0.1, 0.15) is 41.9 Å². The molecule has 0 aliphatic heterocycles. The molecule has 0 aromatic heterocycles. The Labute approximate surface area is 158 Å². The lowest BCUT2D eigenvalue weighted by Gasteiger charge is -2.08. The molecule has 4 nitrogen and oxygen atoms in total. The number of carbonyl (C=O) groups excluding carboxylic acids is 1. The van der Waals surface area contributed by atoms with Crippen LogP contribution in [0.3, 0.4) is 0 Å². The second kappa shape index (κ2) is 7.08. The van der Waals surface area contributed by atoms with Crippen LogP contribution >= 0.6 is 0 Å². The number of rotatable bonds is 6. The van der Waals surface area contributed by atoms with E-state index in [0.717, 1.165) is 36.8 Å². The summed E-state index contributed by atoms with van der Waals surface area (Å²) in [4.78, 5) is 12.5. The van der Waals surface area contributed by atoms with Crippen molar-refractivity contribution in [1.29, 1.82) is 0 Å². The van der Waals surface area contributed by atoms with Crippen LogP contribution in [0.4, 0.5) is 4.39 Å². The number of aryl methyl sites for hydroxylation is 2. The second-order valence-electron chi connectivity index (χ2n) is 7.42. The second-order valence-corrected chi connectivity index (χ2v) is 9.53. The van der Waals surface area contributed by atoms with E-state index in [-0.39, 0.29) is 35.9 Å². The van der Waals surface area contributed by atoms with Crippen LogP contribution in [0.25, 0.3) is 0 Å². The lowest BCUT2D eigenvalue weighted by atomic mass is 10.1. The number of carbonyl (C=O) groups is 1. The Morgan fingerprint density at radius 3 is 2.59 bits per heavy atom. The van der Waals surface area contributed by atoms with Crippen LogP contribution in [0.15, 0.2) is 47.4 Å². The third-order valence-electron chi connectivity index (χ3n) is 5.46. The molecule has 0 spiro atoms. The number of nitrogens with one attached hydrogen (secondary N) is 1. The molecule has 0 unspecified atom stereocenters. The minimum Gasteiger partial charge on any atom is -0.353 e. The molecule has 0 saturated heterocycles. The van der Waals surface area contributed by atoms with Gasteiger partial charge in [0.15, 0.2) is 9.84 Å². The Bertz CT molecular complexity index is 969. The van der Waals surface area contributed by atoms with E-state index in [1.807, 2.05) is 6.07 Å². The fraction of sp³-hybridized carbons (Fsp3) is 0.381. The van der Waals surface area contributed by atoms with Gasteiger partial charge in [-0.25, -0.2) is 12.8 Å². The Balaban J connectivity index is 1.31. The molecule has 2 atom stereocenters. The molecule has 2 aliphatic carbocycles. The Kier molecular flexibility index (Phi) is 4.76. The molecule has 2 aromatic rings. The molecule has 0 radical (unpaired) electrons. The molecule has 1 saturated carbocycles. The van der Waals surface area contributed by atoms with E-state index >= 15 is 0 Å². The number of hydrogen-bond donors (Lipinski definition) is 1. The van der Waals surface area contributed by atoms with Crippen molar-refractivity contribution in [1.82, 2.24) is 5.32 Å². The van der Waals surface area contributed by atoms with E-state index < -0.39 is 9.84 Å². The van der Waals surface area contributed by atoms with Gasteiger partial charge in [-0.3, -0.25) is 4.79 Å². The highest BCUT2D eigenvalue weighted by Crippen LogP contribution is 2.40. The third-order valence-corrected chi connectivity index (χ3v) is 7.18. The maximum Gasteiger partial charge on any atom is 0.221 e. The van der Waals surface area contributed by atoms with Crippen molar-refractivity contribution < 1.29 is 17.6 Å². The van der Waals surface area contributed by atoms with Gasteiger partial charge < -0.3 is 5.32 Å². The van der Waals surface area contributed by atoms with Gasteiger partial charge in [-0.2, -0.15) is 0 Å². The van der Waals surface area contributed by atoms with E-state index in [2.05, 4.69) is 5.32 Å². The summed E-state index contributed by atoms with van der Waals surface area (Å²) in [6, 6.07) is 11.6. The van der Waals surface area contributed by atoms with E-state index in [0.29, 0.717) is 4.90 Å². The quantitative estimate of drug-likeness (QED) is 0.828. The molecule has 1 fully saturated rings. The average Bonchev–Trinajstić information content (AvgIpc) is 3.24. The summed E-state index contributed by atoms with van der Waals surface area (Å²) in [5, 5.41) is 2.89. The van der Waals surface area contributed by atoms with Crippen LogP contribution in [0.5, 0.6) is 0 Å². The molecule has 0 heterocycles. The zero-order valence-electron chi connectivity index (χ0n) is 14.9. The molecule has 2 aliphatic rings. The molecule has 0 bridgehead atoms. The summed E-state index contributed by atoms with van der Waals surface area (Å²) in [6.45, 7) is 0. The van der Waals surface area contributed by atoms with Crippen molar-refractivity contribution in [2.75, 3.05) is 5.75 Å². The Morgan fingerprint density at radius 2 is 1.81 bits per heavy atom. The van der Waals surface area contributed by atoms with Gasteiger partial charge >= 0.3 is 0 Å². The summed E-state index contributed by atoms with van der Waals surface area (Å²) in [5.41, 5.74) is 3.33. The van der Waals surface area contributed by atoms with Gasteiger partial charge in [0.05, 0.1) is 10.6 Å². The number of amides is 1. The molecular weight excluding hydrogens is 365 g/mol. The van der Waals surface area contributed by atoms with E-state index in [9.17, 15) is 17.6 Å². The summed E-state index contributed by atoms with van der Waals surface area (Å²) in [7, 11) is -3.47. The van der Waals surface area contributed by atoms with Crippen LogP contribution in [-0.4, -0.2) is 26.1 Å². The first-order valence-corrected chi connectivity index (χ1v) is 11.0. The highest BCUT2D eigenvalue weighted by molar-refractivity contribution is 7.91. The van der Waals surface area contributed by atoms with Crippen LogP contribution in [0, 0.1) is 5.82 Å². The van der Waals surface area contributed by atoms with E-state index in [1.54, 1.807) is 24.3 Å². The first kappa shape index (κ1) is 18.2. The lowest BCUT2D eigenvalue weighted by Crippen LogP contribution is -2.28. The SMILES string of the molecule is O=C(CCS(=O)(=O)c1ccc2c(c1)CCC2)N[C@@H]1C[C@H]1c1ccc(F)cc1. The highest BCUT2D eigenvalue weighted by Gasteiger charge is 2.39. The van der Waals surface area contributed by atoms with Gasteiger partial charge in [-0.1, -0.05) is 18.2 Å². The minimum atomic E-state index is -3.47. The number of benzene rings is 2. The Hall–Kier alpha value is -2.21. The maximum atomic E-state index is 13.0. The number of halogens is 1. The summed E-state index contributed by atoms with van der Waals surface area (Å²) >= 11 is 0. The van der Waals surface area contributed by atoms with Gasteiger partial charge in [-0.15, -0.1) is 0 Å². The predicted octanol–water partition coefficient (Wildman–Crippen LogP) is 3.15. The molecule has 2 aromatic carbocycles. The molecule has 6 heteroatoms. The molecule has 142 valence electrons. The normalized spacial score (nSPS) is 20.9. The fourth-order valence-corrected chi connectivity index (χ4v) is 5.09. The molecule has 1 amide bonds. The molecule has 27 heavy (non-hydrogen) atoms. The largest absolute Gasteiger partial charge is 0.353 e. The smallest absolute Gasteiger partial charge is 0.221 e. The first-order valence-electron chi connectivity index (χ1n) is 9.32. The molecule has 1 N–H and O–H groups in total. The maximum absolute atomic E-state index is 13.0. The average molecular weight is 387 g/mol. The van der Waals surface area contributed by atoms with Crippen LogP contribution in [0.2, 0.25) is 0 Å². The van der Waals surface area contributed by atoms with Gasteiger partial charge in [-0.05, 0) is 66.6 Å². The van der Waals surface area contributed by atoms with Gasteiger partial charge in [0, 0.05) is 18.4 Å². The van der Waals surface area contributed by atoms with Crippen molar-refractivity contribution in [2.24, 2.45) is 0 Å². The van der Waals surface area contributed by atoms with Crippen molar-refractivity contribution in [3.8, 4) is 0 Å². The summed E-state index contributed by atoms with van der Waals surface area (Å²) in [6.07, 6.45) is 3.75. The summed E-state index contributed by atoms with van der Waals surface area (Å²) in [5.74, 6) is -0.542. The highest BCUT2D eigenvalue weighted by atomic mass is 32.2. The standard InChI is InChI=1S/C21H22FNO3S/c22-17-7-4-15(5-8-17)19-13-20(19)23-21(24)10-11-27(25,26)18-9-6-14-2-1-3-16(14)12-18/h4-9,12,19-20H,1-3,10-11,13H2,(H,23,24)/t19-,20+/m0/s1. The van der Waals surface area contributed by atoms with Gasteiger partial charge in [0.1, 0.15) is 5.82 Å². The summed E-state index contributed by atoms with van der Waals surface area (Å²) < 4.78 is 38.1. The van der Waals surface area contributed by atoms with E-state index in [1.165, 1.54) is 17.7 Å². The van der Waals surface area contributed by atoms with Gasteiger partial charge in [0.2, 0.25) is 5.91 Å². The Morgan fingerprint density at radius 1 is 1.07 bits per heavy atom. The minimum absolute atomic E-state index is 0.00524. The monoisotopic (exact) mass is 387 g/mol. The molecular formula is C21H22FNO3S. The number of hydrogen-bond acceptors (Lipinski definition) is 3. The van der Waals surface area contributed by atoms with E-state index in [4.69, 9.17) is 0 Å². The zero-order valence-corrected chi connectivity index (χ0v) is 15.8. The molecule has 4 rings (SSSR count). The third kappa shape index (κ3) is 4.05. The lowest BCUT2D eigenvalue weighted by molar-refractivity contribution is -0.120. The predicted molar refractivity (Wildman–Crippen MR) is 101 cm³/mol.